The molecule has 1 atom stereocenters. The molecule has 3 saturated heterocycles. The van der Waals surface area contributed by atoms with Crippen molar-refractivity contribution in [3.63, 3.8) is 0 Å². The first-order chi connectivity index (χ1) is 39.1. The molecule has 2 N–H and O–H groups in total. The Balaban J connectivity index is 0.000000229. The van der Waals surface area contributed by atoms with Gasteiger partial charge < -0.3 is 44.7 Å². The summed E-state index contributed by atoms with van der Waals surface area (Å²) in [4.78, 5) is 90.2. The van der Waals surface area contributed by atoms with Crippen LogP contribution < -0.4 is 25.2 Å². The minimum atomic E-state index is -0.770. The van der Waals surface area contributed by atoms with Gasteiger partial charge in [-0.3, -0.25) is 28.9 Å². The number of nitrogens with zero attached hydrogens (tertiary/aromatic N) is 10. The first-order valence-electron chi connectivity index (χ1n) is 28.2. The Morgan fingerprint density at radius 2 is 1.64 bits per heavy atom. The van der Waals surface area contributed by atoms with Gasteiger partial charge in [-0.25, -0.2) is 18.3 Å². The van der Waals surface area contributed by atoms with E-state index < -0.39 is 29.1 Å². The fraction of sp³-hybridized carbons (Fsp3) is 0.483. The van der Waals surface area contributed by atoms with Gasteiger partial charge in [0.2, 0.25) is 18.2 Å². The Labute approximate surface area is 470 Å². The van der Waals surface area contributed by atoms with Crippen LogP contribution in [0, 0.1) is 40.2 Å². The Morgan fingerprint density at radius 3 is 2.30 bits per heavy atom. The predicted molar refractivity (Wildman–Crippen MR) is 298 cm³/mol. The largest absolute Gasteiger partial charge is 0.492 e. The van der Waals surface area contributed by atoms with E-state index in [0.29, 0.717) is 119 Å². The molecule has 2 saturated carbocycles. The third kappa shape index (κ3) is 12.1. The zero-order chi connectivity index (χ0) is 57.0. The molecular formula is C60H70F2N12O7. The molecule has 2 aliphatic carbocycles. The van der Waals surface area contributed by atoms with Gasteiger partial charge >= 0.3 is 0 Å². The molecule has 0 bridgehead atoms. The molecule has 5 aromatic rings. The minimum absolute atomic E-state index is 0.144. The molecule has 4 aliphatic heterocycles. The average Bonchev–Trinajstić information content (AvgIpc) is 4.01. The fourth-order valence-corrected chi connectivity index (χ4v) is 13.1. The highest BCUT2D eigenvalue weighted by Gasteiger charge is 2.54. The smallest absolute Gasteiger partial charge is 0.255 e. The maximum atomic E-state index is 14.8. The molecule has 6 aliphatic rings. The van der Waals surface area contributed by atoms with Crippen LogP contribution >= 0.6 is 0 Å². The van der Waals surface area contributed by atoms with E-state index in [1.807, 2.05) is 48.2 Å². The average molecular weight is 1110 g/mol. The number of nitrogens with one attached hydrogen (secondary N) is 2. The van der Waals surface area contributed by atoms with Gasteiger partial charge in [-0.2, -0.15) is 10.4 Å². The highest BCUT2D eigenvalue weighted by molar-refractivity contribution is 6.00. The minimum Gasteiger partial charge on any atom is -0.492 e. The van der Waals surface area contributed by atoms with E-state index in [2.05, 4.69) is 43.4 Å². The second kappa shape index (κ2) is 24.0. The van der Waals surface area contributed by atoms with Gasteiger partial charge in [0.1, 0.15) is 35.6 Å². The molecule has 81 heavy (non-hydrogen) atoms. The number of aromatic nitrogens is 3. The Hall–Kier alpha value is -7.99. The van der Waals surface area contributed by atoms with E-state index in [1.54, 1.807) is 28.9 Å². The Bertz CT molecular complexity index is 3200. The Morgan fingerprint density at radius 1 is 0.889 bits per heavy atom. The van der Waals surface area contributed by atoms with Gasteiger partial charge in [-0.1, -0.05) is 13.0 Å². The second-order valence-corrected chi connectivity index (χ2v) is 22.8. The van der Waals surface area contributed by atoms with Crippen LogP contribution in [0.4, 0.5) is 20.3 Å². The van der Waals surface area contributed by atoms with Gasteiger partial charge in [-0.15, -0.1) is 0 Å². The highest BCUT2D eigenvalue weighted by atomic mass is 19.1. The maximum Gasteiger partial charge on any atom is 0.255 e. The lowest BCUT2D eigenvalue weighted by atomic mass is 9.48. The molecule has 1 spiro atoms. The molecule has 426 valence electrons. The van der Waals surface area contributed by atoms with Gasteiger partial charge in [-0.05, 0) is 117 Å². The number of hydrogen-bond donors (Lipinski definition) is 2. The van der Waals surface area contributed by atoms with Gasteiger partial charge in [0, 0.05) is 126 Å². The van der Waals surface area contributed by atoms with Crippen LogP contribution in [0.3, 0.4) is 0 Å². The van der Waals surface area contributed by atoms with Crippen molar-refractivity contribution in [1.82, 2.24) is 44.8 Å². The van der Waals surface area contributed by atoms with Crippen LogP contribution in [0.5, 0.6) is 5.75 Å². The summed E-state index contributed by atoms with van der Waals surface area (Å²) in [5.41, 5.74) is 4.56. The normalized spacial score (nSPS) is 21.7. The van der Waals surface area contributed by atoms with Crippen LogP contribution in [-0.4, -0.2) is 168 Å². The van der Waals surface area contributed by atoms with E-state index >= 15 is 0 Å². The first-order valence-corrected chi connectivity index (χ1v) is 28.2. The van der Waals surface area contributed by atoms with E-state index in [1.165, 1.54) is 23.9 Å². The van der Waals surface area contributed by atoms with Crippen LogP contribution in [0.2, 0.25) is 0 Å². The number of carbonyl (C=O) groups is 6. The van der Waals surface area contributed by atoms with Crippen LogP contribution in [0.15, 0.2) is 73.2 Å². The van der Waals surface area contributed by atoms with Crippen molar-refractivity contribution in [3.05, 3.63) is 107 Å². The van der Waals surface area contributed by atoms with Crippen molar-refractivity contribution in [2.45, 2.75) is 83.3 Å². The molecule has 5 amide bonds. The summed E-state index contributed by atoms with van der Waals surface area (Å²) in [6.45, 7) is 12.1. The molecule has 11 rings (SSSR count). The lowest BCUT2D eigenvalue weighted by Gasteiger charge is -2.57. The van der Waals surface area contributed by atoms with Crippen molar-refractivity contribution in [2.75, 3.05) is 95.4 Å². The molecule has 0 radical (unpaired) electrons. The van der Waals surface area contributed by atoms with Gasteiger partial charge in [0.15, 0.2) is 0 Å². The maximum absolute atomic E-state index is 14.8. The summed E-state index contributed by atoms with van der Waals surface area (Å²) < 4.78 is 36.3. The number of anilines is 2. The number of benzene rings is 2. The molecule has 1 unspecified atom stereocenters. The van der Waals surface area contributed by atoms with Gasteiger partial charge in [0.05, 0.1) is 47.2 Å². The number of aldehydes is 1. The zero-order valence-corrected chi connectivity index (χ0v) is 46.2. The van der Waals surface area contributed by atoms with E-state index in [9.17, 15) is 42.8 Å². The number of halogens is 2. The Kier molecular flexibility index (Phi) is 16.7. The van der Waals surface area contributed by atoms with Crippen molar-refractivity contribution in [3.8, 4) is 22.9 Å². The van der Waals surface area contributed by atoms with E-state index in [-0.39, 0.29) is 35.6 Å². The molecular weight excluding hydrogens is 1040 g/mol. The van der Waals surface area contributed by atoms with Crippen molar-refractivity contribution >= 4 is 53.3 Å². The molecule has 19 nitrogen and oxygen atoms in total. The summed E-state index contributed by atoms with van der Waals surface area (Å²) in [5, 5.41) is 19.7. The van der Waals surface area contributed by atoms with E-state index in [0.717, 1.165) is 90.9 Å². The number of amides is 5. The summed E-state index contributed by atoms with van der Waals surface area (Å²) in [6, 6.07) is 16.1. The number of fused-ring (bicyclic) bond motifs is 2. The lowest BCUT2D eigenvalue weighted by molar-refractivity contribution is -0.152. The molecule has 5 fully saturated rings. The number of rotatable bonds is 16. The molecule has 7 heterocycles. The molecule has 2 aromatic carbocycles. The standard InChI is InChI=1S/C41H46F2N8O3.C19H24N4O4/c1-3-54-32-17-33(37-30(22-44)24-46-51(37)25-32)28-4-7-36(45-23-28)49-10-8-41(9-11-49,47-38(52)34-16-31(42)5-6-35(34)43)26-48-12-14-50(15-13-48)39(53)29-20-40(21-29)18-27(2)19-40;1-20-18(26)5-4-16(12-24)23-11-14-2-3-15(10-17(14)19(23)27)22-8-6-21(13-25)7-9-22/h4-7,16-17,23-25,27,29H,3,8-15,18-21,26H2,1-2H3,(H,47,52);2-3,10,12-13,16H,4-9,11H2,1H3,(H,20,26). The van der Waals surface area contributed by atoms with Crippen molar-refractivity contribution in [2.24, 2.45) is 17.3 Å². The number of hydrogen-bond acceptors (Lipinski definition) is 13. The first kappa shape index (κ1) is 56.3. The van der Waals surface area contributed by atoms with Crippen LogP contribution in [-0.2, 0) is 25.7 Å². The molecule has 3 aromatic heterocycles. The van der Waals surface area contributed by atoms with Crippen LogP contribution in [0.25, 0.3) is 16.6 Å². The number of piperidine rings is 1. The SMILES string of the molecule is CCOc1cc(-c2ccc(N3CCC(CN4CCN(C(=O)C5CC6(CC(C)C6)C5)CC4)(NC(=O)c4cc(F)ccc4F)CC3)nc2)c2c(C#N)cnn2c1.CNC(=O)CCC(C=O)N1Cc2ccc(N3CCN(C=O)CC3)cc2C1=O. The number of carbonyl (C=O) groups excluding carboxylic acids is 6. The van der Waals surface area contributed by atoms with E-state index in [4.69, 9.17) is 9.72 Å². The third-order valence-corrected chi connectivity index (χ3v) is 17.4. The zero-order valence-electron chi connectivity index (χ0n) is 46.2. The number of nitriles is 1. The highest BCUT2D eigenvalue weighted by Crippen LogP contribution is 2.61. The van der Waals surface area contributed by atoms with Crippen molar-refractivity contribution in [1.29, 1.82) is 5.26 Å². The number of pyridine rings is 2. The second-order valence-electron chi connectivity index (χ2n) is 22.8. The van der Waals surface area contributed by atoms with Crippen molar-refractivity contribution < 1.29 is 42.3 Å². The summed E-state index contributed by atoms with van der Waals surface area (Å²) in [6.07, 6.45) is 12.8. The predicted octanol–water partition coefficient (Wildman–Crippen LogP) is 5.70. The quantitative estimate of drug-likeness (QED) is 0.114. The summed E-state index contributed by atoms with van der Waals surface area (Å²) in [5.74, 6) is 0.189. The van der Waals surface area contributed by atoms with Crippen LogP contribution in [0.1, 0.15) is 97.1 Å². The summed E-state index contributed by atoms with van der Waals surface area (Å²) in [7, 11) is 1.55. The lowest BCUT2D eigenvalue weighted by Crippen LogP contribution is -2.63. The third-order valence-electron chi connectivity index (χ3n) is 17.4. The fourth-order valence-electron chi connectivity index (χ4n) is 13.1. The number of ether oxygens (including phenoxy) is 1. The van der Waals surface area contributed by atoms with Gasteiger partial charge in [0.25, 0.3) is 11.8 Å². The molecule has 21 heteroatoms. The monoisotopic (exact) mass is 1110 g/mol. The number of piperazine rings is 2. The summed E-state index contributed by atoms with van der Waals surface area (Å²) >= 11 is 0. The topological polar surface area (TPSA) is 209 Å².